The second kappa shape index (κ2) is 5.44. The monoisotopic (exact) mass is 246 g/mol. The SMILES string of the molecule is CCC1CCCCC1(O)Cc1cc(C)ccc1C. The third-order valence-corrected chi connectivity index (χ3v) is 4.67. The van der Waals surface area contributed by atoms with Crippen molar-refractivity contribution < 1.29 is 5.11 Å². The molecule has 0 radical (unpaired) electrons. The Labute approximate surface area is 111 Å². The molecule has 0 saturated heterocycles. The first-order valence-corrected chi connectivity index (χ1v) is 7.33. The summed E-state index contributed by atoms with van der Waals surface area (Å²) in [4.78, 5) is 0. The molecule has 1 aromatic rings. The molecule has 2 unspecified atom stereocenters. The van der Waals surface area contributed by atoms with Crippen molar-refractivity contribution in [1.29, 1.82) is 0 Å². The summed E-state index contributed by atoms with van der Waals surface area (Å²) >= 11 is 0. The Morgan fingerprint density at radius 2 is 2.06 bits per heavy atom. The van der Waals surface area contributed by atoms with Crippen LogP contribution in [-0.2, 0) is 6.42 Å². The van der Waals surface area contributed by atoms with Gasteiger partial charge in [0.05, 0.1) is 5.60 Å². The van der Waals surface area contributed by atoms with E-state index in [1.54, 1.807) is 0 Å². The summed E-state index contributed by atoms with van der Waals surface area (Å²) in [6.07, 6.45) is 6.56. The van der Waals surface area contributed by atoms with Crippen LogP contribution in [0.2, 0.25) is 0 Å². The van der Waals surface area contributed by atoms with Gasteiger partial charge in [0.15, 0.2) is 0 Å². The first-order valence-electron chi connectivity index (χ1n) is 7.33. The van der Waals surface area contributed by atoms with Gasteiger partial charge in [-0.25, -0.2) is 0 Å². The van der Waals surface area contributed by atoms with E-state index in [1.165, 1.54) is 36.0 Å². The van der Waals surface area contributed by atoms with Gasteiger partial charge in [0, 0.05) is 6.42 Å². The Bertz CT molecular complexity index is 410. The summed E-state index contributed by atoms with van der Waals surface area (Å²) < 4.78 is 0. The van der Waals surface area contributed by atoms with Crippen LogP contribution >= 0.6 is 0 Å². The number of hydrogen-bond donors (Lipinski definition) is 1. The molecule has 0 aromatic heterocycles. The number of rotatable bonds is 3. The number of benzene rings is 1. The lowest BCUT2D eigenvalue weighted by atomic mass is 9.71. The van der Waals surface area contributed by atoms with Gasteiger partial charge < -0.3 is 5.11 Å². The predicted octanol–water partition coefficient (Wildman–Crippen LogP) is 4.18. The van der Waals surface area contributed by atoms with Crippen molar-refractivity contribution in [2.24, 2.45) is 5.92 Å². The molecule has 0 amide bonds. The van der Waals surface area contributed by atoms with E-state index in [-0.39, 0.29) is 0 Å². The highest BCUT2D eigenvalue weighted by atomic mass is 16.3. The molecule has 0 spiro atoms. The molecule has 100 valence electrons. The summed E-state index contributed by atoms with van der Waals surface area (Å²) in [5.41, 5.74) is 3.47. The van der Waals surface area contributed by atoms with E-state index in [0.29, 0.717) is 5.92 Å². The van der Waals surface area contributed by atoms with Gasteiger partial charge in [0.2, 0.25) is 0 Å². The molecular formula is C17H26O. The Morgan fingerprint density at radius 1 is 1.28 bits per heavy atom. The Morgan fingerprint density at radius 3 is 2.78 bits per heavy atom. The third kappa shape index (κ3) is 2.77. The van der Waals surface area contributed by atoms with Crippen LogP contribution in [0.1, 0.15) is 55.7 Å². The fourth-order valence-electron chi connectivity index (χ4n) is 3.43. The van der Waals surface area contributed by atoms with Crippen LogP contribution in [0.25, 0.3) is 0 Å². The second-order valence-corrected chi connectivity index (χ2v) is 6.06. The zero-order valence-corrected chi connectivity index (χ0v) is 12.0. The zero-order valence-electron chi connectivity index (χ0n) is 12.0. The van der Waals surface area contributed by atoms with E-state index in [4.69, 9.17) is 0 Å². The van der Waals surface area contributed by atoms with E-state index < -0.39 is 5.60 Å². The summed E-state index contributed by atoms with van der Waals surface area (Å²) in [5, 5.41) is 11.0. The normalized spacial score (nSPS) is 28.3. The van der Waals surface area contributed by atoms with Gasteiger partial charge in [0.1, 0.15) is 0 Å². The molecule has 1 fully saturated rings. The molecule has 0 heterocycles. The number of aliphatic hydroxyl groups is 1. The molecule has 1 aliphatic carbocycles. The van der Waals surface area contributed by atoms with Crippen molar-refractivity contribution in [3.8, 4) is 0 Å². The minimum atomic E-state index is -0.467. The van der Waals surface area contributed by atoms with Gasteiger partial charge in [-0.2, -0.15) is 0 Å². The molecule has 1 N–H and O–H groups in total. The highest BCUT2D eigenvalue weighted by molar-refractivity contribution is 5.31. The smallest absolute Gasteiger partial charge is 0.0715 e. The van der Waals surface area contributed by atoms with E-state index in [9.17, 15) is 5.11 Å². The Hall–Kier alpha value is -0.820. The number of aryl methyl sites for hydroxylation is 2. The lowest BCUT2D eigenvalue weighted by Gasteiger charge is -2.40. The average molecular weight is 246 g/mol. The predicted molar refractivity (Wildman–Crippen MR) is 76.8 cm³/mol. The van der Waals surface area contributed by atoms with Crippen molar-refractivity contribution in [1.82, 2.24) is 0 Å². The number of hydrogen-bond acceptors (Lipinski definition) is 1. The van der Waals surface area contributed by atoms with Crippen LogP contribution in [0, 0.1) is 19.8 Å². The van der Waals surface area contributed by atoms with Gasteiger partial charge in [0.25, 0.3) is 0 Å². The molecule has 0 aliphatic heterocycles. The molecule has 2 atom stereocenters. The first kappa shape index (κ1) is 13.6. The van der Waals surface area contributed by atoms with Gasteiger partial charge in [-0.05, 0) is 43.7 Å². The lowest BCUT2D eigenvalue weighted by Crippen LogP contribution is -2.42. The molecular weight excluding hydrogens is 220 g/mol. The standard InChI is InChI=1S/C17H26O/c1-4-16-7-5-6-10-17(16,18)12-15-11-13(2)8-9-14(15)3/h8-9,11,16,18H,4-7,10,12H2,1-3H3. The van der Waals surface area contributed by atoms with Crippen LogP contribution in [0.4, 0.5) is 0 Å². The van der Waals surface area contributed by atoms with Gasteiger partial charge >= 0.3 is 0 Å². The average Bonchev–Trinajstić information content (AvgIpc) is 2.34. The van der Waals surface area contributed by atoms with Crippen LogP contribution in [0.5, 0.6) is 0 Å². The lowest BCUT2D eigenvalue weighted by molar-refractivity contribution is -0.0492. The summed E-state index contributed by atoms with van der Waals surface area (Å²) in [6.45, 7) is 6.50. The van der Waals surface area contributed by atoms with Gasteiger partial charge in [-0.3, -0.25) is 0 Å². The summed E-state index contributed by atoms with van der Waals surface area (Å²) in [6, 6.07) is 6.58. The Balaban J connectivity index is 2.22. The van der Waals surface area contributed by atoms with Crippen molar-refractivity contribution in [3.63, 3.8) is 0 Å². The van der Waals surface area contributed by atoms with Crippen molar-refractivity contribution in [2.75, 3.05) is 0 Å². The van der Waals surface area contributed by atoms with Gasteiger partial charge in [-0.1, -0.05) is 49.9 Å². The van der Waals surface area contributed by atoms with Crippen LogP contribution in [0.3, 0.4) is 0 Å². The second-order valence-electron chi connectivity index (χ2n) is 6.06. The van der Waals surface area contributed by atoms with E-state index in [0.717, 1.165) is 19.3 Å². The topological polar surface area (TPSA) is 20.2 Å². The maximum absolute atomic E-state index is 11.0. The van der Waals surface area contributed by atoms with Crippen LogP contribution in [-0.4, -0.2) is 10.7 Å². The molecule has 1 heteroatoms. The largest absolute Gasteiger partial charge is 0.389 e. The third-order valence-electron chi connectivity index (χ3n) is 4.67. The fourth-order valence-corrected chi connectivity index (χ4v) is 3.43. The summed E-state index contributed by atoms with van der Waals surface area (Å²) in [5.74, 6) is 0.478. The maximum atomic E-state index is 11.0. The van der Waals surface area contributed by atoms with E-state index in [1.807, 2.05) is 0 Å². The van der Waals surface area contributed by atoms with Crippen molar-refractivity contribution in [2.45, 2.75) is 64.9 Å². The molecule has 0 bridgehead atoms. The van der Waals surface area contributed by atoms with E-state index in [2.05, 4.69) is 39.0 Å². The van der Waals surface area contributed by atoms with Crippen molar-refractivity contribution >= 4 is 0 Å². The molecule has 1 aromatic carbocycles. The molecule has 18 heavy (non-hydrogen) atoms. The summed E-state index contributed by atoms with van der Waals surface area (Å²) in [7, 11) is 0. The highest BCUT2D eigenvalue weighted by Crippen LogP contribution is 2.38. The minimum absolute atomic E-state index is 0.467. The van der Waals surface area contributed by atoms with E-state index >= 15 is 0 Å². The maximum Gasteiger partial charge on any atom is 0.0715 e. The van der Waals surface area contributed by atoms with Crippen LogP contribution in [0.15, 0.2) is 18.2 Å². The molecule has 1 nitrogen and oxygen atoms in total. The first-order chi connectivity index (χ1) is 8.55. The highest BCUT2D eigenvalue weighted by Gasteiger charge is 2.37. The van der Waals surface area contributed by atoms with Crippen LogP contribution < -0.4 is 0 Å². The molecule has 2 rings (SSSR count). The minimum Gasteiger partial charge on any atom is -0.389 e. The van der Waals surface area contributed by atoms with Crippen molar-refractivity contribution in [3.05, 3.63) is 34.9 Å². The quantitative estimate of drug-likeness (QED) is 0.848. The molecule has 1 aliphatic rings. The Kier molecular flexibility index (Phi) is 4.11. The van der Waals surface area contributed by atoms with Gasteiger partial charge in [-0.15, -0.1) is 0 Å². The fraction of sp³-hybridized carbons (Fsp3) is 0.647. The molecule has 1 saturated carbocycles. The zero-order chi connectivity index (χ0) is 13.2.